The van der Waals surface area contributed by atoms with Crippen LogP contribution in [0.15, 0.2) is 23.1 Å². The van der Waals surface area contributed by atoms with Crippen molar-refractivity contribution in [3.8, 4) is 0 Å². The molecule has 0 saturated heterocycles. The first-order valence-corrected chi connectivity index (χ1v) is 9.24. The summed E-state index contributed by atoms with van der Waals surface area (Å²) in [5, 5.41) is 2.69. The summed E-state index contributed by atoms with van der Waals surface area (Å²) < 4.78 is 26.3. The molecular formula is C16H24N2O3S. The molecule has 0 heterocycles. The van der Waals surface area contributed by atoms with Crippen LogP contribution in [-0.2, 0) is 27.7 Å². The van der Waals surface area contributed by atoms with Gasteiger partial charge in [-0.3, -0.25) is 4.79 Å². The second kappa shape index (κ2) is 7.24. The summed E-state index contributed by atoms with van der Waals surface area (Å²) in [6.45, 7) is 2.36. The normalized spacial score (nSPS) is 14.7. The van der Waals surface area contributed by atoms with Gasteiger partial charge in [0.05, 0.1) is 11.4 Å². The van der Waals surface area contributed by atoms with Crippen LogP contribution in [0.2, 0.25) is 0 Å². The second-order valence-electron chi connectivity index (χ2n) is 5.75. The van der Waals surface area contributed by atoms with Gasteiger partial charge in [0, 0.05) is 13.6 Å². The lowest BCUT2D eigenvalue weighted by Crippen LogP contribution is -2.38. The highest BCUT2D eigenvalue weighted by Crippen LogP contribution is 2.25. The van der Waals surface area contributed by atoms with E-state index in [2.05, 4.69) is 5.32 Å². The third kappa shape index (κ3) is 3.87. The molecule has 122 valence electrons. The molecule has 0 radical (unpaired) electrons. The summed E-state index contributed by atoms with van der Waals surface area (Å²) in [4.78, 5) is 12.0. The molecule has 0 bridgehead atoms. The summed E-state index contributed by atoms with van der Waals surface area (Å²) in [7, 11) is -2.18. The van der Waals surface area contributed by atoms with Crippen molar-refractivity contribution in [2.45, 2.75) is 43.9 Å². The van der Waals surface area contributed by atoms with Crippen molar-refractivity contribution >= 4 is 15.9 Å². The molecule has 22 heavy (non-hydrogen) atoms. The Hall–Kier alpha value is -1.40. The molecule has 5 nitrogen and oxygen atoms in total. The third-order valence-electron chi connectivity index (χ3n) is 3.97. The molecular weight excluding hydrogens is 300 g/mol. The number of rotatable bonds is 6. The fourth-order valence-electron chi connectivity index (χ4n) is 2.66. The average Bonchev–Trinajstić information content (AvgIpc) is 2.52. The second-order valence-corrected chi connectivity index (χ2v) is 7.79. The third-order valence-corrected chi connectivity index (χ3v) is 5.77. The van der Waals surface area contributed by atoms with Crippen LogP contribution in [0.1, 0.15) is 37.3 Å². The zero-order valence-corrected chi connectivity index (χ0v) is 14.1. The van der Waals surface area contributed by atoms with Gasteiger partial charge in [-0.15, -0.1) is 0 Å². The van der Waals surface area contributed by atoms with Gasteiger partial charge in [-0.2, -0.15) is 4.31 Å². The van der Waals surface area contributed by atoms with E-state index in [0.717, 1.165) is 42.0 Å². The molecule has 1 aromatic rings. The number of sulfonamides is 1. The van der Waals surface area contributed by atoms with Gasteiger partial charge in [-0.25, -0.2) is 8.42 Å². The van der Waals surface area contributed by atoms with Gasteiger partial charge in [0.1, 0.15) is 0 Å². The van der Waals surface area contributed by atoms with Crippen LogP contribution < -0.4 is 5.32 Å². The van der Waals surface area contributed by atoms with Crippen LogP contribution in [0, 0.1) is 0 Å². The topological polar surface area (TPSA) is 66.5 Å². The number of amides is 1. The molecule has 0 spiro atoms. The van der Waals surface area contributed by atoms with Crippen molar-refractivity contribution in [3.05, 3.63) is 29.3 Å². The lowest BCUT2D eigenvalue weighted by atomic mass is 9.92. The summed E-state index contributed by atoms with van der Waals surface area (Å²) in [5.74, 6) is -0.272. The largest absolute Gasteiger partial charge is 0.355 e. The minimum atomic E-state index is -3.62. The molecule has 0 saturated carbocycles. The number of hydrogen-bond acceptors (Lipinski definition) is 3. The number of nitrogens with zero attached hydrogens (tertiary/aromatic N) is 1. The van der Waals surface area contributed by atoms with Crippen LogP contribution in [0.4, 0.5) is 0 Å². The Morgan fingerprint density at radius 3 is 2.59 bits per heavy atom. The lowest BCUT2D eigenvalue weighted by molar-refractivity contribution is -0.121. The van der Waals surface area contributed by atoms with Crippen molar-refractivity contribution in [2.24, 2.45) is 0 Å². The van der Waals surface area contributed by atoms with E-state index < -0.39 is 10.0 Å². The minimum Gasteiger partial charge on any atom is -0.355 e. The first-order chi connectivity index (χ1) is 10.4. The zero-order valence-electron chi connectivity index (χ0n) is 13.3. The van der Waals surface area contributed by atoms with E-state index in [-0.39, 0.29) is 17.3 Å². The molecule has 1 aliphatic rings. The van der Waals surface area contributed by atoms with Gasteiger partial charge in [0.25, 0.3) is 0 Å². The zero-order chi connectivity index (χ0) is 16.2. The SMILES string of the molecule is CCCNC(=O)CN(C)S(=O)(=O)c1ccc2c(c1)CCCC2. The first-order valence-electron chi connectivity index (χ1n) is 7.80. The number of fused-ring (bicyclic) bond motifs is 1. The van der Waals surface area contributed by atoms with E-state index in [1.807, 2.05) is 13.0 Å². The quantitative estimate of drug-likeness (QED) is 0.866. The molecule has 1 amide bonds. The fraction of sp³-hybridized carbons (Fsp3) is 0.562. The maximum absolute atomic E-state index is 12.6. The Bertz CT molecular complexity index is 641. The van der Waals surface area contributed by atoms with Crippen molar-refractivity contribution in [3.63, 3.8) is 0 Å². The van der Waals surface area contributed by atoms with Crippen molar-refractivity contribution in [1.82, 2.24) is 9.62 Å². The Labute approximate surface area is 132 Å². The van der Waals surface area contributed by atoms with Crippen molar-refractivity contribution in [2.75, 3.05) is 20.1 Å². The van der Waals surface area contributed by atoms with Crippen LogP contribution in [0.3, 0.4) is 0 Å². The van der Waals surface area contributed by atoms with Crippen LogP contribution in [0.25, 0.3) is 0 Å². The van der Waals surface area contributed by atoms with Gasteiger partial charge in [0.2, 0.25) is 15.9 Å². The number of benzene rings is 1. The summed E-state index contributed by atoms with van der Waals surface area (Å²) in [6, 6.07) is 5.33. The molecule has 6 heteroatoms. The van der Waals surface area contributed by atoms with Crippen LogP contribution >= 0.6 is 0 Å². The first kappa shape index (κ1) is 17.0. The molecule has 2 rings (SSSR count). The standard InChI is InChI=1S/C16H24N2O3S/c1-3-10-17-16(19)12-18(2)22(20,21)15-9-8-13-6-4-5-7-14(13)11-15/h8-9,11H,3-7,10,12H2,1-2H3,(H,17,19). The lowest BCUT2D eigenvalue weighted by Gasteiger charge is -2.20. The summed E-state index contributed by atoms with van der Waals surface area (Å²) in [5.41, 5.74) is 2.37. The van der Waals surface area contributed by atoms with E-state index in [0.29, 0.717) is 6.54 Å². The molecule has 1 N–H and O–H groups in total. The van der Waals surface area contributed by atoms with Crippen LogP contribution in [-0.4, -0.2) is 38.8 Å². The Kier molecular flexibility index (Phi) is 5.58. The number of likely N-dealkylation sites (N-methyl/N-ethyl adjacent to an activating group) is 1. The fourth-order valence-corrected chi connectivity index (χ4v) is 3.84. The van der Waals surface area contributed by atoms with E-state index in [4.69, 9.17) is 0 Å². The minimum absolute atomic E-state index is 0.153. The summed E-state index contributed by atoms with van der Waals surface area (Å²) in [6.07, 6.45) is 5.04. The highest BCUT2D eigenvalue weighted by Gasteiger charge is 2.24. The number of hydrogen-bond donors (Lipinski definition) is 1. The van der Waals surface area contributed by atoms with Gasteiger partial charge in [-0.1, -0.05) is 13.0 Å². The maximum Gasteiger partial charge on any atom is 0.243 e. The molecule has 1 aliphatic carbocycles. The highest BCUT2D eigenvalue weighted by molar-refractivity contribution is 7.89. The smallest absolute Gasteiger partial charge is 0.243 e. The van der Waals surface area contributed by atoms with E-state index in [9.17, 15) is 13.2 Å². The predicted molar refractivity (Wildman–Crippen MR) is 86.2 cm³/mol. The monoisotopic (exact) mass is 324 g/mol. The average molecular weight is 324 g/mol. The number of carbonyl (C=O) groups is 1. The number of carbonyl (C=O) groups excluding carboxylic acids is 1. The van der Waals surface area contributed by atoms with Gasteiger partial charge >= 0.3 is 0 Å². The number of nitrogens with one attached hydrogen (secondary N) is 1. The molecule has 0 atom stereocenters. The Balaban J connectivity index is 2.13. The molecule has 0 aliphatic heterocycles. The van der Waals surface area contributed by atoms with Gasteiger partial charge < -0.3 is 5.32 Å². The van der Waals surface area contributed by atoms with Gasteiger partial charge in [-0.05, 0) is 55.4 Å². The van der Waals surface area contributed by atoms with E-state index in [1.54, 1.807) is 12.1 Å². The predicted octanol–water partition coefficient (Wildman–Crippen LogP) is 1.71. The number of aryl methyl sites for hydroxylation is 2. The summed E-state index contributed by atoms with van der Waals surface area (Å²) >= 11 is 0. The van der Waals surface area contributed by atoms with Crippen LogP contribution in [0.5, 0.6) is 0 Å². The van der Waals surface area contributed by atoms with E-state index >= 15 is 0 Å². The van der Waals surface area contributed by atoms with Gasteiger partial charge in [0.15, 0.2) is 0 Å². The molecule has 0 fully saturated rings. The van der Waals surface area contributed by atoms with E-state index in [1.165, 1.54) is 12.6 Å². The molecule has 0 unspecified atom stereocenters. The Morgan fingerprint density at radius 2 is 1.91 bits per heavy atom. The maximum atomic E-state index is 12.6. The van der Waals surface area contributed by atoms with Crippen molar-refractivity contribution in [1.29, 1.82) is 0 Å². The molecule has 0 aromatic heterocycles. The Morgan fingerprint density at radius 1 is 1.23 bits per heavy atom. The molecule has 1 aromatic carbocycles. The van der Waals surface area contributed by atoms with Crippen molar-refractivity contribution < 1.29 is 13.2 Å². The highest BCUT2D eigenvalue weighted by atomic mass is 32.2.